The van der Waals surface area contributed by atoms with Crippen LogP contribution in [0.1, 0.15) is 5.56 Å². The van der Waals surface area contributed by atoms with Crippen molar-refractivity contribution in [3.8, 4) is 17.2 Å². The first kappa shape index (κ1) is 18.4. The number of hydrogen-bond acceptors (Lipinski definition) is 4. The Morgan fingerprint density at radius 2 is 1.96 bits per heavy atom. The van der Waals surface area contributed by atoms with Crippen molar-refractivity contribution >= 4 is 17.5 Å². The summed E-state index contributed by atoms with van der Waals surface area (Å²) < 4.78 is 16.3. The van der Waals surface area contributed by atoms with E-state index < -0.39 is 0 Å². The van der Waals surface area contributed by atoms with Crippen LogP contribution < -0.4 is 24.4 Å². The second-order valence-electron chi connectivity index (χ2n) is 6.15. The van der Waals surface area contributed by atoms with Crippen molar-refractivity contribution in [1.82, 2.24) is 5.32 Å². The Balaban J connectivity index is 1.35. The van der Waals surface area contributed by atoms with Gasteiger partial charge in [0.15, 0.2) is 18.0 Å². The molecule has 2 aromatic carbocycles. The molecule has 2 aromatic rings. The lowest BCUT2D eigenvalue weighted by Crippen LogP contribution is -3.10. The second-order valence-corrected chi connectivity index (χ2v) is 6.59. The summed E-state index contributed by atoms with van der Waals surface area (Å²) in [5.74, 6) is 2.23. The van der Waals surface area contributed by atoms with E-state index in [2.05, 4.69) is 5.32 Å². The lowest BCUT2D eigenvalue weighted by Gasteiger charge is -2.14. The van der Waals surface area contributed by atoms with E-state index in [1.807, 2.05) is 37.4 Å². The van der Waals surface area contributed by atoms with Gasteiger partial charge in [-0.3, -0.25) is 4.79 Å². The smallest absolute Gasteiger partial charge is 0.275 e. The van der Waals surface area contributed by atoms with Crippen LogP contribution in [-0.2, 0) is 11.3 Å². The number of carbonyl (C=O) groups excluding carboxylic acids is 1. The number of likely N-dealkylation sites (N-methyl/N-ethyl adjacent to an activating group) is 1. The van der Waals surface area contributed by atoms with Gasteiger partial charge >= 0.3 is 0 Å². The van der Waals surface area contributed by atoms with Crippen LogP contribution >= 0.6 is 11.6 Å². The third-order valence-electron chi connectivity index (χ3n) is 4.00. The summed E-state index contributed by atoms with van der Waals surface area (Å²) in [4.78, 5) is 13.2. The van der Waals surface area contributed by atoms with Crippen LogP contribution in [0.2, 0.25) is 5.02 Å². The van der Waals surface area contributed by atoms with Gasteiger partial charge in [0, 0.05) is 11.6 Å². The highest BCUT2D eigenvalue weighted by Crippen LogP contribution is 2.32. The van der Waals surface area contributed by atoms with E-state index in [1.165, 1.54) is 0 Å². The largest absolute Gasteiger partial charge is 0.488 e. The maximum atomic E-state index is 12.1. The molecule has 0 aromatic heterocycles. The average molecular weight is 378 g/mol. The molecule has 26 heavy (non-hydrogen) atoms. The molecular weight excluding hydrogens is 356 g/mol. The lowest BCUT2D eigenvalue weighted by atomic mass is 10.2. The average Bonchev–Trinajstić information content (AvgIpc) is 3.09. The molecular formula is C19H22ClN2O4+. The van der Waals surface area contributed by atoms with E-state index in [4.69, 9.17) is 25.8 Å². The maximum absolute atomic E-state index is 12.1. The highest BCUT2D eigenvalue weighted by atomic mass is 35.5. The molecule has 1 amide bonds. The van der Waals surface area contributed by atoms with E-state index in [0.29, 0.717) is 24.7 Å². The van der Waals surface area contributed by atoms with E-state index in [-0.39, 0.29) is 12.7 Å². The number of amides is 1. The highest BCUT2D eigenvalue weighted by molar-refractivity contribution is 6.30. The molecule has 1 aliphatic heterocycles. The number of ether oxygens (including phenoxy) is 3. The van der Waals surface area contributed by atoms with Gasteiger partial charge in [-0.05, 0) is 42.0 Å². The van der Waals surface area contributed by atoms with E-state index in [0.717, 1.165) is 34.3 Å². The number of carbonyl (C=O) groups is 1. The van der Waals surface area contributed by atoms with Gasteiger partial charge in [-0.15, -0.1) is 0 Å². The first-order chi connectivity index (χ1) is 12.6. The molecule has 2 N–H and O–H groups in total. The fourth-order valence-electron chi connectivity index (χ4n) is 2.55. The van der Waals surface area contributed by atoms with E-state index in [1.54, 1.807) is 12.1 Å². The number of fused-ring (bicyclic) bond motifs is 1. The Morgan fingerprint density at radius 3 is 2.77 bits per heavy atom. The molecule has 138 valence electrons. The molecule has 0 spiro atoms. The third kappa shape index (κ3) is 5.28. The summed E-state index contributed by atoms with van der Waals surface area (Å²) in [6.45, 7) is 2.35. The maximum Gasteiger partial charge on any atom is 0.275 e. The minimum absolute atomic E-state index is 0.00772. The van der Waals surface area contributed by atoms with Gasteiger partial charge in [-0.25, -0.2) is 0 Å². The van der Waals surface area contributed by atoms with Crippen molar-refractivity contribution in [2.75, 3.05) is 33.5 Å². The van der Waals surface area contributed by atoms with Crippen molar-refractivity contribution in [3.05, 3.63) is 53.1 Å². The lowest BCUT2D eigenvalue weighted by molar-refractivity contribution is -0.871. The fourth-order valence-corrected chi connectivity index (χ4v) is 2.68. The molecule has 0 fully saturated rings. The molecule has 6 nitrogen and oxygen atoms in total. The first-order valence-corrected chi connectivity index (χ1v) is 8.83. The molecule has 0 bridgehead atoms. The van der Waals surface area contributed by atoms with E-state index in [9.17, 15) is 4.79 Å². The van der Waals surface area contributed by atoms with Crippen molar-refractivity contribution in [2.24, 2.45) is 0 Å². The third-order valence-corrected chi connectivity index (χ3v) is 4.25. The summed E-state index contributed by atoms with van der Waals surface area (Å²) in [6.07, 6.45) is 0. The molecule has 1 unspecified atom stereocenters. The SMILES string of the molecule is C[NH+](CCOc1ccc(Cl)cc1)CC(=O)NCc1ccc2c(c1)OCO2. The fraction of sp³-hybridized carbons (Fsp3) is 0.316. The van der Waals surface area contributed by atoms with Crippen LogP contribution in [0.5, 0.6) is 17.2 Å². The molecule has 0 radical (unpaired) electrons. The van der Waals surface area contributed by atoms with Gasteiger partial charge in [0.1, 0.15) is 18.9 Å². The van der Waals surface area contributed by atoms with Gasteiger partial charge in [0.25, 0.3) is 5.91 Å². The number of quaternary nitrogens is 1. The first-order valence-electron chi connectivity index (χ1n) is 8.45. The number of benzene rings is 2. The topological polar surface area (TPSA) is 61.2 Å². The van der Waals surface area contributed by atoms with Crippen LogP contribution in [-0.4, -0.2) is 39.4 Å². The zero-order valence-corrected chi connectivity index (χ0v) is 15.3. The van der Waals surface area contributed by atoms with E-state index >= 15 is 0 Å². The Kier molecular flexibility index (Phi) is 6.20. The molecule has 7 heteroatoms. The Hall–Kier alpha value is -2.44. The molecule has 1 aliphatic rings. The zero-order valence-electron chi connectivity index (χ0n) is 14.6. The summed E-state index contributed by atoms with van der Waals surface area (Å²) in [7, 11) is 1.96. The van der Waals surface area contributed by atoms with Crippen molar-refractivity contribution < 1.29 is 23.9 Å². The second kappa shape index (κ2) is 8.78. The van der Waals surface area contributed by atoms with Crippen LogP contribution in [0.15, 0.2) is 42.5 Å². The molecule has 0 saturated carbocycles. The van der Waals surface area contributed by atoms with Crippen molar-refractivity contribution in [1.29, 1.82) is 0 Å². The summed E-state index contributed by atoms with van der Waals surface area (Å²) in [6, 6.07) is 12.9. The van der Waals surface area contributed by atoms with Gasteiger partial charge in [-0.2, -0.15) is 0 Å². The Bertz CT molecular complexity index is 752. The molecule has 3 rings (SSSR count). The van der Waals surface area contributed by atoms with Crippen LogP contribution in [0.4, 0.5) is 0 Å². The van der Waals surface area contributed by atoms with Gasteiger partial charge in [-0.1, -0.05) is 17.7 Å². The van der Waals surface area contributed by atoms with Crippen LogP contribution in [0.25, 0.3) is 0 Å². The quantitative estimate of drug-likeness (QED) is 0.727. The van der Waals surface area contributed by atoms with Gasteiger partial charge in [0.2, 0.25) is 6.79 Å². The molecule has 1 atom stereocenters. The summed E-state index contributed by atoms with van der Waals surface area (Å²) >= 11 is 5.84. The number of hydrogen-bond donors (Lipinski definition) is 2. The van der Waals surface area contributed by atoms with Crippen LogP contribution in [0.3, 0.4) is 0 Å². The summed E-state index contributed by atoms with van der Waals surface area (Å²) in [5, 5.41) is 3.60. The van der Waals surface area contributed by atoms with Crippen molar-refractivity contribution in [2.45, 2.75) is 6.54 Å². The standard InChI is InChI=1S/C19H21ClN2O4/c1-22(8-9-24-16-5-3-15(20)4-6-16)12-19(23)21-11-14-2-7-17-18(10-14)26-13-25-17/h2-7,10H,8-9,11-13H2,1H3,(H,21,23)/p+1. The van der Waals surface area contributed by atoms with Gasteiger partial charge < -0.3 is 24.4 Å². The highest BCUT2D eigenvalue weighted by Gasteiger charge is 2.14. The normalized spacial score (nSPS) is 13.3. The molecule has 0 saturated heterocycles. The summed E-state index contributed by atoms with van der Waals surface area (Å²) in [5.41, 5.74) is 0.978. The number of nitrogens with one attached hydrogen (secondary N) is 2. The minimum Gasteiger partial charge on any atom is -0.488 e. The zero-order chi connectivity index (χ0) is 18.4. The minimum atomic E-state index is -0.00772. The van der Waals surface area contributed by atoms with Crippen molar-refractivity contribution in [3.63, 3.8) is 0 Å². The Labute approximate surface area is 157 Å². The van der Waals surface area contributed by atoms with Gasteiger partial charge in [0.05, 0.1) is 7.05 Å². The predicted octanol–water partition coefficient (Wildman–Crippen LogP) is 1.28. The Morgan fingerprint density at radius 1 is 1.19 bits per heavy atom. The van der Waals surface area contributed by atoms with Crippen LogP contribution in [0, 0.1) is 0 Å². The number of rotatable bonds is 8. The predicted molar refractivity (Wildman–Crippen MR) is 98.0 cm³/mol. The number of halogens is 1. The monoisotopic (exact) mass is 377 g/mol. The molecule has 1 heterocycles. The molecule has 0 aliphatic carbocycles.